The second-order valence-electron chi connectivity index (χ2n) is 2.64. The normalized spacial score (nSPS) is 9.73. The van der Waals surface area contributed by atoms with Gasteiger partial charge in [-0.1, -0.05) is 5.16 Å². The van der Waals surface area contributed by atoms with Gasteiger partial charge in [0.15, 0.2) is 5.82 Å². The van der Waals surface area contributed by atoms with Crippen molar-refractivity contribution in [2.45, 2.75) is 20.4 Å². The summed E-state index contributed by atoms with van der Waals surface area (Å²) in [5.41, 5.74) is 0. The van der Waals surface area contributed by atoms with Crippen molar-refractivity contribution in [1.29, 1.82) is 0 Å². The van der Waals surface area contributed by atoms with E-state index in [0.29, 0.717) is 5.82 Å². The van der Waals surface area contributed by atoms with Gasteiger partial charge in [-0.3, -0.25) is 4.79 Å². The van der Waals surface area contributed by atoms with Gasteiger partial charge in [0.05, 0.1) is 13.2 Å². The minimum Gasteiger partial charge on any atom is -0.459 e. The van der Waals surface area contributed by atoms with Gasteiger partial charge in [0.25, 0.3) is 0 Å². The Labute approximate surface area is 85.8 Å². The van der Waals surface area contributed by atoms with Gasteiger partial charge < -0.3 is 14.6 Å². The number of ether oxygens (including phenoxy) is 1. The van der Waals surface area contributed by atoms with Gasteiger partial charge in [0.2, 0.25) is 5.89 Å². The molecule has 7 heteroatoms. The fourth-order valence-electron chi connectivity index (χ4n) is 0.837. The van der Waals surface area contributed by atoms with E-state index in [4.69, 9.17) is 4.52 Å². The second-order valence-corrected chi connectivity index (χ2v) is 2.64. The number of aromatic nitrogens is 2. The molecule has 0 unspecified atom stereocenters. The van der Waals surface area contributed by atoms with E-state index in [-0.39, 0.29) is 19.0 Å². The molecule has 15 heavy (non-hydrogen) atoms. The van der Waals surface area contributed by atoms with Crippen LogP contribution in [0.5, 0.6) is 0 Å². The summed E-state index contributed by atoms with van der Waals surface area (Å²) in [4.78, 5) is 25.7. The van der Waals surface area contributed by atoms with Crippen molar-refractivity contribution in [1.82, 2.24) is 15.5 Å². The lowest BCUT2D eigenvalue weighted by atomic mass is 10.5. The van der Waals surface area contributed by atoms with Crippen LogP contribution in [0.4, 0.5) is 0 Å². The molecule has 1 amide bonds. The molecular weight excluding hydrogens is 202 g/mol. The van der Waals surface area contributed by atoms with Crippen LogP contribution in [0.2, 0.25) is 0 Å². The molecule has 0 saturated heterocycles. The van der Waals surface area contributed by atoms with Gasteiger partial charge in [-0.05, 0) is 13.8 Å². The van der Waals surface area contributed by atoms with Gasteiger partial charge >= 0.3 is 11.9 Å². The average molecular weight is 213 g/mol. The molecule has 0 spiro atoms. The molecule has 0 aliphatic heterocycles. The predicted octanol–water partition coefficient (Wildman–Crippen LogP) is -0.443. The van der Waals surface area contributed by atoms with Crippen LogP contribution in [0.25, 0.3) is 0 Å². The second kappa shape index (κ2) is 5.08. The number of hydrogen-bond donors (Lipinski definition) is 1. The van der Waals surface area contributed by atoms with E-state index in [0.717, 1.165) is 0 Å². The van der Waals surface area contributed by atoms with Gasteiger partial charge in [-0.2, -0.15) is 4.98 Å². The molecular formula is C8H11N3O4. The van der Waals surface area contributed by atoms with Crippen LogP contribution in [-0.2, 0) is 20.9 Å². The largest absolute Gasteiger partial charge is 0.459 e. The first-order valence-corrected chi connectivity index (χ1v) is 4.37. The summed E-state index contributed by atoms with van der Waals surface area (Å²) < 4.78 is 9.21. The highest BCUT2D eigenvalue weighted by Gasteiger charge is 2.15. The molecule has 1 rings (SSSR count). The maximum atomic E-state index is 11.0. The maximum absolute atomic E-state index is 11.0. The number of carbonyl (C=O) groups is 2. The van der Waals surface area contributed by atoms with Crippen LogP contribution in [0.15, 0.2) is 4.52 Å². The molecule has 0 aliphatic carbocycles. The monoisotopic (exact) mass is 213 g/mol. The summed E-state index contributed by atoms with van der Waals surface area (Å²) in [6, 6.07) is 0. The summed E-state index contributed by atoms with van der Waals surface area (Å²) in [5.74, 6) is -1.04. The Morgan fingerprint density at radius 1 is 1.53 bits per heavy atom. The number of nitrogens with one attached hydrogen (secondary N) is 1. The predicted molar refractivity (Wildman–Crippen MR) is 47.5 cm³/mol. The number of esters is 1. The van der Waals surface area contributed by atoms with Crippen molar-refractivity contribution in [3.63, 3.8) is 0 Å². The highest BCUT2D eigenvalue weighted by Crippen LogP contribution is 1.94. The van der Waals surface area contributed by atoms with Crippen LogP contribution in [-0.4, -0.2) is 28.6 Å². The van der Waals surface area contributed by atoms with E-state index in [2.05, 4.69) is 20.2 Å². The first-order valence-electron chi connectivity index (χ1n) is 4.37. The first kappa shape index (κ1) is 11.2. The zero-order chi connectivity index (χ0) is 11.3. The molecule has 1 heterocycles. The topological polar surface area (TPSA) is 94.3 Å². The van der Waals surface area contributed by atoms with E-state index in [1.54, 1.807) is 13.8 Å². The number of amides is 1. The average Bonchev–Trinajstić information content (AvgIpc) is 2.61. The zero-order valence-electron chi connectivity index (χ0n) is 8.44. The van der Waals surface area contributed by atoms with Gasteiger partial charge in [0.1, 0.15) is 0 Å². The molecule has 0 saturated carbocycles. The molecule has 7 nitrogen and oxygen atoms in total. The van der Waals surface area contributed by atoms with E-state index in [1.165, 1.54) is 0 Å². The number of hydrogen-bond acceptors (Lipinski definition) is 6. The van der Waals surface area contributed by atoms with E-state index in [9.17, 15) is 9.59 Å². The molecule has 0 atom stereocenters. The fraction of sp³-hybridized carbons (Fsp3) is 0.500. The summed E-state index contributed by atoms with van der Waals surface area (Å²) in [6.45, 7) is 3.44. The van der Waals surface area contributed by atoms with Gasteiger partial charge in [-0.15, -0.1) is 0 Å². The Morgan fingerprint density at radius 3 is 2.80 bits per heavy atom. The van der Waals surface area contributed by atoms with Gasteiger partial charge in [0, 0.05) is 0 Å². The molecule has 0 radical (unpaired) electrons. The van der Waals surface area contributed by atoms with Crippen molar-refractivity contribution in [3.05, 3.63) is 11.7 Å². The lowest BCUT2D eigenvalue weighted by Gasteiger charge is -2.00. The molecule has 82 valence electrons. The SMILES string of the molecule is CCOC(=O)C(=O)NCc1nc(C)no1. The third kappa shape index (κ3) is 3.37. The lowest BCUT2D eigenvalue weighted by molar-refractivity contribution is -0.154. The smallest absolute Gasteiger partial charge is 0.396 e. The highest BCUT2D eigenvalue weighted by atomic mass is 16.5. The standard InChI is InChI=1S/C8H11N3O4/c1-3-14-8(13)7(12)9-4-6-10-5(2)11-15-6/h3-4H2,1-2H3,(H,9,12). The molecule has 0 fully saturated rings. The van der Waals surface area contributed by atoms with Crippen molar-refractivity contribution in [3.8, 4) is 0 Å². The van der Waals surface area contributed by atoms with Crippen LogP contribution >= 0.6 is 0 Å². The quantitative estimate of drug-likeness (QED) is 0.540. The number of rotatable bonds is 3. The van der Waals surface area contributed by atoms with Crippen LogP contribution in [0, 0.1) is 6.92 Å². The van der Waals surface area contributed by atoms with E-state index < -0.39 is 11.9 Å². The van der Waals surface area contributed by atoms with Crippen LogP contribution in [0.1, 0.15) is 18.6 Å². The number of carbonyl (C=O) groups excluding carboxylic acids is 2. The summed E-state index contributed by atoms with van der Waals surface area (Å²) >= 11 is 0. The number of aryl methyl sites for hydroxylation is 1. The minimum absolute atomic E-state index is 0.0124. The Morgan fingerprint density at radius 2 is 2.27 bits per heavy atom. The maximum Gasteiger partial charge on any atom is 0.396 e. The van der Waals surface area contributed by atoms with Crippen molar-refractivity contribution >= 4 is 11.9 Å². The third-order valence-corrected chi connectivity index (χ3v) is 1.43. The van der Waals surface area contributed by atoms with Crippen LogP contribution < -0.4 is 5.32 Å². The Hall–Kier alpha value is -1.92. The zero-order valence-corrected chi connectivity index (χ0v) is 8.44. The highest BCUT2D eigenvalue weighted by molar-refractivity contribution is 6.32. The molecule has 1 aromatic heterocycles. The van der Waals surface area contributed by atoms with Crippen LogP contribution in [0.3, 0.4) is 0 Å². The minimum atomic E-state index is -0.922. The molecule has 0 bridgehead atoms. The fourth-order valence-corrected chi connectivity index (χ4v) is 0.837. The summed E-state index contributed by atoms with van der Waals surface area (Å²) in [5, 5.41) is 5.81. The third-order valence-electron chi connectivity index (χ3n) is 1.43. The first-order chi connectivity index (χ1) is 7.13. The molecule has 1 aromatic rings. The molecule has 0 aromatic carbocycles. The lowest BCUT2D eigenvalue weighted by Crippen LogP contribution is -2.32. The Bertz CT molecular complexity index is 361. The van der Waals surface area contributed by atoms with Crippen molar-refractivity contribution in [2.24, 2.45) is 0 Å². The number of nitrogens with zero attached hydrogens (tertiary/aromatic N) is 2. The molecule has 1 N–H and O–H groups in total. The molecule has 0 aliphatic rings. The van der Waals surface area contributed by atoms with Gasteiger partial charge in [-0.25, -0.2) is 4.79 Å². The Balaban J connectivity index is 2.37. The van der Waals surface area contributed by atoms with Crippen molar-refractivity contribution < 1.29 is 18.8 Å². The van der Waals surface area contributed by atoms with E-state index in [1.807, 2.05) is 0 Å². The summed E-state index contributed by atoms with van der Waals surface area (Å²) in [6.07, 6.45) is 0. The van der Waals surface area contributed by atoms with E-state index >= 15 is 0 Å². The Kier molecular flexibility index (Phi) is 3.78. The summed E-state index contributed by atoms with van der Waals surface area (Å²) in [7, 11) is 0. The van der Waals surface area contributed by atoms with Crippen molar-refractivity contribution in [2.75, 3.05) is 6.61 Å².